The van der Waals surface area contributed by atoms with E-state index in [2.05, 4.69) is 52.6 Å². The maximum Gasteiger partial charge on any atom is 0.285 e. The van der Waals surface area contributed by atoms with Crippen molar-refractivity contribution < 1.29 is 9.53 Å². The first-order chi connectivity index (χ1) is 15.8. The molecule has 0 bridgehead atoms. The molecular weight excluding hydrogens is 426 g/mol. The fourth-order valence-corrected chi connectivity index (χ4v) is 5.51. The minimum Gasteiger partial charge on any atom is -0.370 e. The van der Waals surface area contributed by atoms with Crippen LogP contribution in [0.15, 0.2) is 24.4 Å². The van der Waals surface area contributed by atoms with Gasteiger partial charge < -0.3 is 10.5 Å². The Balaban J connectivity index is 1.86. The molecule has 1 aliphatic carbocycles. The first kappa shape index (κ1) is 24.2. The van der Waals surface area contributed by atoms with Gasteiger partial charge in [0.05, 0.1) is 22.6 Å². The molecule has 3 heterocycles. The number of aromatic nitrogens is 3. The molecule has 0 atom stereocenters. The summed E-state index contributed by atoms with van der Waals surface area (Å²) in [6, 6.07) is 6.04. The third-order valence-electron chi connectivity index (χ3n) is 6.92. The van der Waals surface area contributed by atoms with E-state index in [4.69, 9.17) is 15.5 Å². The molecule has 0 aromatic carbocycles. The minimum atomic E-state index is -0.678. The minimum absolute atomic E-state index is 0.0393. The number of imidazole rings is 1. The van der Waals surface area contributed by atoms with Crippen molar-refractivity contribution in [3.63, 3.8) is 0 Å². The molecule has 0 spiro atoms. The van der Waals surface area contributed by atoms with Crippen molar-refractivity contribution in [2.24, 2.45) is 11.1 Å². The predicted octanol–water partition coefficient (Wildman–Crippen LogP) is 5.28. The number of pyridine rings is 1. The monoisotopic (exact) mass is 461 g/mol. The number of hydrogen-bond acceptors (Lipinski definition) is 5. The second-order valence-electron chi connectivity index (χ2n) is 11.7. The van der Waals surface area contributed by atoms with Gasteiger partial charge in [-0.2, -0.15) is 5.26 Å². The number of carbonyl (C=O) groups excluding carboxylic acids is 1. The van der Waals surface area contributed by atoms with Crippen molar-refractivity contribution in [2.75, 3.05) is 0 Å². The zero-order valence-electron chi connectivity index (χ0n) is 21.1. The van der Waals surface area contributed by atoms with Crippen molar-refractivity contribution >= 4 is 11.5 Å². The number of allylic oxidation sites excluding steroid dienone is 2. The molecule has 0 unspecified atom stereocenters. The van der Waals surface area contributed by atoms with Gasteiger partial charge in [0.15, 0.2) is 5.69 Å². The molecule has 4 rings (SSSR count). The van der Waals surface area contributed by atoms with Crippen molar-refractivity contribution in [3.8, 4) is 11.8 Å². The Morgan fingerprint density at radius 2 is 1.82 bits per heavy atom. The zero-order valence-corrected chi connectivity index (χ0v) is 21.1. The Kier molecular flexibility index (Phi) is 5.93. The lowest BCUT2D eigenvalue weighted by atomic mass is 9.77. The fourth-order valence-electron chi connectivity index (χ4n) is 5.51. The van der Waals surface area contributed by atoms with E-state index in [0.29, 0.717) is 0 Å². The van der Waals surface area contributed by atoms with Gasteiger partial charge in [-0.1, -0.05) is 19.9 Å². The highest BCUT2D eigenvalue weighted by Crippen LogP contribution is 2.44. The Hall–Kier alpha value is -2.98. The third kappa shape index (κ3) is 4.92. The summed E-state index contributed by atoms with van der Waals surface area (Å²) < 4.78 is 7.92. The van der Waals surface area contributed by atoms with Crippen LogP contribution in [0.2, 0.25) is 0 Å². The number of ether oxygens (including phenoxy) is 1. The summed E-state index contributed by atoms with van der Waals surface area (Å²) >= 11 is 0. The van der Waals surface area contributed by atoms with Crippen molar-refractivity contribution in [3.05, 3.63) is 47.3 Å². The second-order valence-corrected chi connectivity index (χ2v) is 11.7. The number of nitrogens with two attached hydrogens (primary N) is 1. The molecule has 7 heteroatoms. The predicted molar refractivity (Wildman–Crippen MR) is 131 cm³/mol. The summed E-state index contributed by atoms with van der Waals surface area (Å²) in [5.74, 6) is -0.388. The van der Waals surface area contributed by atoms with Crippen molar-refractivity contribution in [2.45, 2.75) is 90.8 Å². The van der Waals surface area contributed by atoms with Crippen molar-refractivity contribution in [1.82, 2.24) is 14.5 Å². The second kappa shape index (κ2) is 8.35. The van der Waals surface area contributed by atoms with Crippen molar-refractivity contribution in [1.29, 1.82) is 5.26 Å². The molecule has 0 saturated carbocycles. The number of carbonyl (C=O) groups is 1. The van der Waals surface area contributed by atoms with Crippen LogP contribution in [0.3, 0.4) is 0 Å². The van der Waals surface area contributed by atoms with Crippen LogP contribution in [0.5, 0.6) is 0 Å². The number of hydrogen-bond donors (Lipinski definition) is 1. The lowest BCUT2D eigenvalue weighted by Crippen LogP contribution is -2.44. The molecule has 7 nitrogen and oxygen atoms in total. The SMILES string of the molecule is CC1(C)CC=C(c2nc(C3CC(C)(C)OC(C)(C)C3)ccc2-n2cc(C#N)nc2C(N)=O)CC1. The highest BCUT2D eigenvalue weighted by atomic mass is 16.5. The summed E-state index contributed by atoms with van der Waals surface area (Å²) in [6.45, 7) is 13.1. The van der Waals surface area contributed by atoms with Gasteiger partial charge in [-0.15, -0.1) is 0 Å². The average Bonchev–Trinajstić information content (AvgIpc) is 3.16. The first-order valence-electron chi connectivity index (χ1n) is 12.0. The molecule has 2 aliphatic rings. The fraction of sp³-hybridized carbons (Fsp3) is 0.556. The summed E-state index contributed by atoms with van der Waals surface area (Å²) in [7, 11) is 0. The summed E-state index contributed by atoms with van der Waals surface area (Å²) in [5.41, 5.74) is 9.26. The number of nitriles is 1. The molecule has 1 amide bonds. The maximum absolute atomic E-state index is 12.1. The van der Waals surface area contributed by atoms with E-state index in [1.807, 2.05) is 18.2 Å². The standard InChI is InChI=1S/C27H35N5O2/c1-25(2)11-9-17(10-12-25)22-21(32-16-19(15-28)30-24(32)23(29)33)8-7-20(31-22)18-13-26(3,4)34-27(5,6)14-18/h7-9,16,18H,10-14H2,1-6H3,(H2,29,33). The molecule has 180 valence electrons. The first-order valence-corrected chi connectivity index (χ1v) is 12.0. The average molecular weight is 462 g/mol. The largest absolute Gasteiger partial charge is 0.370 e. The smallest absolute Gasteiger partial charge is 0.285 e. The molecule has 0 radical (unpaired) electrons. The van der Waals surface area contributed by atoms with Crippen LogP contribution in [0.25, 0.3) is 11.3 Å². The van der Waals surface area contributed by atoms with Gasteiger partial charge in [0.2, 0.25) is 5.82 Å². The maximum atomic E-state index is 12.1. The van der Waals surface area contributed by atoms with Gasteiger partial charge in [-0.3, -0.25) is 14.3 Å². The van der Waals surface area contributed by atoms with E-state index < -0.39 is 5.91 Å². The van der Waals surface area contributed by atoms with Gasteiger partial charge in [0.25, 0.3) is 5.91 Å². The number of nitrogens with zero attached hydrogens (tertiary/aromatic N) is 4. The van der Waals surface area contributed by atoms with Crippen LogP contribution in [0.4, 0.5) is 0 Å². The van der Waals surface area contributed by atoms with E-state index >= 15 is 0 Å². The molecule has 1 saturated heterocycles. The lowest BCUT2D eigenvalue weighted by Gasteiger charge is -2.45. The Morgan fingerprint density at radius 1 is 1.15 bits per heavy atom. The van der Waals surface area contributed by atoms with E-state index in [9.17, 15) is 10.1 Å². The molecule has 2 aromatic heterocycles. The Labute approximate surface area is 202 Å². The zero-order chi connectivity index (χ0) is 24.9. The molecule has 1 fully saturated rings. The van der Waals surface area contributed by atoms with Crippen LogP contribution in [0, 0.1) is 16.7 Å². The molecule has 1 aliphatic heterocycles. The number of primary amides is 1. The Morgan fingerprint density at radius 3 is 2.38 bits per heavy atom. The molecule has 2 aromatic rings. The van der Waals surface area contributed by atoms with Crippen LogP contribution in [-0.2, 0) is 4.74 Å². The van der Waals surface area contributed by atoms with Gasteiger partial charge in [-0.25, -0.2) is 4.98 Å². The van der Waals surface area contributed by atoms with Gasteiger partial charge >= 0.3 is 0 Å². The van der Waals surface area contributed by atoms with Crippen LogP contribution in [-0.4, -0.2) is 31.6 Å². The molecule has 34 heavy (non-hydrogen) atoms. The van der Waals surface area contributed by atoms with Gasteiger partial charge in [-0.05, 0) is 82.9 Å². The third-order valence-corrected chi connectivity index (χ3v) is 6.92. The summed E-state index contributed by atoms with van der Waals surface area (Å²) in [4.78, 5) is 21.5. The van der Waals surface area contributed by atoms with Crippen LogP contribution >= 0.6 is 0 Å². The highest BCUT2D eigenvalue weighted by molar-refractivity contribution is 5.90. The van der Waals surface area contributed by atoms with Crippen LogP contribution in [0.1, 0.15) is 107 Å². The van der Waals surface area contributed by atoms with E-state index in [-0.39, 0.29) is 34.1 Å². The number of rotatable bonds is 4. The summed E-state index contributed by atoms with van der Waals surface area (Å²) in [6.07, 6.45) is 8.50. The Bertz CT molecular complexity index is 1180. The summed E-state index contributed by atoms with van der Waals surface area (Å²) in [5, 5.41) is 9.38. The van der Waals surface area contributed by atoms with E-state index in [0.717, 1.165) is 54.8 Å². The quantitative estimate of drug-likeness (QED) is 0.666. The topological polar surface area (TPSA) is 107 Å². The lowest BCUT2D eigenvalue weighted by molar-refractivity contribution is -0.162. The van der Waals surface area contributed by atoms with E-state index in [1.54, 1.807) is 10.8 Å². The van der Waals surface area contributed by atoms with E-state index in [1.165, 1.54) is 0 Å². The van der Waals surface area contributed by atoms with Gasteiger partial charge in [0, 0.05) is 17.8 Å². The molecule has 2 N–H and O–H groups in total. The van der Waals surface area contributed by atoms with Gasteiger partial charge in [0.1, 0.15) is 6.07 Å². The normalized spacial score (nSPS) is 21.5. The highest BCUT2D eigenvalue weighted by Gasteiger charge is 2.40. The molecular formula is C27H35N5O2. The van der Waals surface area contributed by atoms with Crippen LogP contribution < -0.4 is 5.73 Å². The number of amides is 1.